The van der Waals surface area contributed by atoms with Crippen molar-refractivity contribution < 1.29 is 18.0 Å². The molecule has 8 heteroatoms. The van der Waals surface area contributed by atoms with E-state index in [2.05, 4.69) is 15.3 Å². The van der Waals surface area contributed by atoms with E-state index >= 15 is 0 Å². The minimum Gasteiger partial charge on any atom is -0.322 e. The summed E-state index contributed by atoms with van der Waals surface area (Å²) in [5.41, 5.74) is -0.00716. The summed E-state index contributed by atoms with van der Waals surface area (Å²) >= 11 is 5.75. The largest absolute Gasteiger partial charge is 0.418 e. The van der Waals surface area contributed by atoms with Crippen LogP contribution < -0.4 is 5.32 Å². The van der Waals surface area contributed by atoms with Crippen molar-refractivity contribution in [3.05, 3.63) is 77.2 Å². The van der Waals surface area contributed by atoms with Gasteiger partial charge in [-0.3, -0.25) is 9.78 Å². The van der Waals surface area contributed by atoms with Crippen molar-refractivity contribution in [3.63, 3.8) is 0 Å². The molecule has 0 saturated heterocycles. The molecule has 0 unspecified atom stereocenters. The van der Waals surface area contributed by atoms with Crippen LogP contribution in [0.25, 0.3) is 11.3 Å². The maximum Gasteiger partial charge on any atom is 0.418 e. The van der Waals surface area contributed by atoms with Gasteiger partial charge in [-0.15, -0.1) is 0 Å². The van der Waals surface area contributed by atoms with Crippen LogP contribution in [0.5, 0.6) is 0 Å². The second-order valence-corrected chi connectivity index (χ2v) is 5.68. The first-order valence-corrected chi connectivity index (χ1v) is 7.78. The number of nitrogens with one attached hydrogen (secondary N) is 1. The minimum atomic E-state index is -4.51. The topological polar surface area (TPSA) is 54.9 Å². The predicted molar refractivity (Wildman–Crippen MR) is 91.9 cm³/mol. The Morgan fingerprint density at radius 1 is 1.00 bits per heavy atom. The Hall–Kier alpha value is -2.93. The van der Waals surface area contributed by atoms with Crippen LogP contribution >= 0.6 is 11.6 Å². The Balaban J connectivity index is 1.84. The highest BCUT2D eigenvalue weighted by Gasteiger charge is 2.34. The van der Waals surface area contributed by atoms with Gasteiger partial charge >= 0.3 is 6.18 Å². The number of nitrogens with zero attached hydrogens (tertiary/aromatic N) is 2. The molecule has 132 valence electrons. The molecule has 1 amide bonds. The molecular weight excluding hydrogens is 367 g/mol. The van der Waals surface area contributed by atoms with Gasteiger partial charge < -0.3 is 5.32 Å². The van der Waals surface area contributed by atoms with Crippen LogP contribution in [0.1, 0.15) is 15.9 Å². The van der Waals surface area contributed by atoms with Gasteiger partial charge in [-0.1, -0.05) is 23.7 Å². The third-order valence-electron chi connectivity index (χ3n) is 3.52. The van der Waals surface area contributed by atoms with Crippen LogP contribution in [0.15, 0.2) is 60.9 Å². The number of pyridine rings is 2. The number of carbonyl (C=O) groups excluding carboxylic acids is 1. The Kier molecular flexibility index (Phi) is 4.90. The van der Waals surface area contributed by atoms with Crippen LogP contribution in [0, 0.1) is 0 Å². The van der Waals surface area contributed by atoms with E-state index in [1.807, 2.05) is 0 Å². The second kappa shape index (κ2) is 7.13. The van der Waals surface area contributed by atoms with E-state index in [1.165, 1.54) is 48.8 Å². The van der Waals surface area contributed by atoms with Crippen LogP contribution in [0.4, 0.5) is 18.9 Å². The van der Waals surface area contributed by atoms with Crippen molar-refractivity contribution in [1.29, 1.82) is 0 Å². The molecule has 3 aromatic rings. The molecular formula is C18H11ClF3N3O. The summed E-state index contributed by atoms with van der Waals surface area (Å²) in [7, 11) is 0. The lowest BCUT2D eigenvalue weighted by molar-refractivity contribution is -0.137. The fourth-order valence-electron chi connectivity index (χ4n) is 2.33. The summed E-state index contributed by atoms with van der Waals surface area (Å²) in [6.07, 6.45) is -1.78. The molecule has 3 rings (SSSR count). The number of aromatic nitrogens is 2. The SMILES string of the molecule is O=C(Nc1ccnc(Cl)c1)c1ccc(-c2ncccc2C(F)(F)F)cc1. The highest BCUT2D eigenvalue weighted by atomic mass is 35.5. The molecule has 0 aliphatic rings. The number of benzene rings is 1. The van der Waals surface area contributed by atoms with E-state index in [9.17, 15) is 18.0 Å². The van der Waals surface area contributed by atoms with E-state index in [4.69, 9.17) is 11.6 Å². The molecule has 0 bridgehead atoms. The fourth-order valence-corrected chi connectivity index (χ4v) is 2.50. The van der Waals surface area contributed by atoms with Gasteiger partial charge in [0.05, 0.1) is 11.3 Å². The van der Waals surface area contributed by atoms with Gasteiger partial charge in [-0.25, -0.2) is 4.98 Å². The third-order valence-corrected chi connectivity index (χ3v) is 3.72. The first-order valence-electron chi connectivity index (χ1n) is 7.40. The van der Waals surface area contributed by atoms with Gasteiger partial charge in [0, 0.05) is 29.2 Å². The first-order chi connectivity index (χ1) is 12.3. The number of amides is 1. The summed E-state index contributed by atoms with van der Waals surface area (Å²) < 4.78 is 39.3. The lowest BCUT2D eigenvalue weighted by Gasteiger charge is -2.12. The maximum absolute atomic E-state index is 13.1. The summed E-state index contributed by atoms with van der Waals surface area (Å²) in [4.78, 5) is 19.9. The van der Waals surface area contributed by atoms with Crippen molar-refractivity contribution in [1.82, 2.24) is 9.97 Å². The van der Waals surface area contributed by atoms with E-state index in [1.54, 1.807) is 6.07 Å². The number of rotatable bonds is 3. The first kappa shape index (κ1) is 17.9. The molecule has 1 aromatic carbocycles. The average molecular weight is 378 g/mol. The smallest absolute Gasteiger partial charge is 0.322 e. The quantitative estimate of drug-likeness (QED) is 0.648. The molecule has 0 radical (unpaired) electrons. The van der Waals surface area contributed by atoms with Crippen molar-refractivity contribution in [2.45, 2.75) is 6.18 Å². The highest BCUT2D eigenvalue weighted by molar-refractivity contribution is 6.29. The van der Waals surface area contributed by atoms with Gasteiger partial charge in [-0.05, 0) is 36.4 Å². The van der Waals surface area contributed by atoms with Crippen molar-refractivity contribution in [3.8, 4) is 11.3 Å². The number of hydrogen-bond acceptors (Lipinski definition) is 3. The standard InChI is InChI=1S/C18H11ClF3N3O/c19-15-10-13(7-9-23-15)25-17(26)12-5-3-11(4-6-12)16-14(18(20,21)22)2-1-8-24-16/h1-10H,(H,23,25,26). The van der Waals surface area contributed by atoms with Crippen molar-refractivity contribution >= 4 is 23.2 Å². The summed E-state index contributed by atoms with van der Waals surface area (Å²) in [5, 5.41) is 2.86. The number of hydrogen-bond donors (Lipinski definition) is 1. The molecule has 1 N–H and O–H groups in total. The zero-order valence-electron chi connectivity index (χ0n) is 13.1. The van der Waals surface area contributed by atoms with Gasteiger partial charge in [-0.2, -0.15) is 13.2 Å². The summed E-state index contributed by atoms with van der Waals surface area (Å²) in [6.45, 7) is 0. The lowest BCUT2D eigenvalue weighted by Crippen LogP contribution is -2.12. The molecule has 2 heterocycles. The maximum atomic E-state index is 13.1. The minimum absolute atomic E-state index is 0.187. The Morgan fingerprint density at radius 3 is 2.38 bits per heavy atom. The van der Waals surface area contributed by atoms with E-state index in [0.717, 1.165) is 6.07 Å². The van der Waals surface area contributed by atoms with Crippen LogP contribution in [-0.4, -0.2) is 15.9 Å². The van der Waals surface area contributed by atoms with E-state index < -0.39 is 17.6 Å². The number of anilines is 1. The normalized spacial score (nSPS) is 11.2. The molecule has 26 heavy (non-hydrogen) atoms. The Bertz CT molecular complexity index is 943. The Morgan fingerprint density at radius 2 is 1.73 bits per heavy atom. The fraction of sp³-hybridized carbons (Fsp3) is 0.0556. The van der Waals surface area contributed by atoms with E-state index in [0.29, 0.717) is 5.69 Å². The monoisotopic (exact) mass is 377 g/mol. The van der Waals surface area contributed by atoms with E-state index in [-0.39, 0.29) is 22.0 Å². The molecule has 2 aromatic heterocycles. The number of carbonyl (C=O) groups is 1. The van der Waals surface area contributed by atoms with Crippen LogP contribution in [0.2, 0.25) is 5.15 Å². The van der Waals surface area contributed by atoms with Crippen LogP contribution in [0.3, 0.4) is 0 Å². The number of alkyl halides is 3. The molecule has 0 spiro atoms. The zero-order valence-corrected chi connectivity index (χ0v) is 13.8. The van der Waals surface area contributed by atoms with Crippen molar-refractivity contribution in [2.24, 2.45) is 0 Å². The van der Waals surface area contributed by atoms with Crippen molar-refractivity contribution in [2.75, 3.05) is 5.32 Å². The lowest BCUT2D eigenvalue weighted by atomic mass is 10.0. The average Bonchev–Trinajstić information content (AvgIpc) is 2.61. The van der Waals surface area contributed by atoms with Gasteiger partial charge in [0.25, 0.3) is 5.91 Å². The number of halogens is 4. The van der Waals surface area contributed by atoms with Crippen LogP contribution in [-0.2, 0) is 6.18 Å². The zero-order chi connectivity index (χ0) is 18.7. The molecule has 0 aliphatic carbocycles. The van der Waals surface area contributed by atoms with Gasteiger partial charge in [0.15, 0.2) is 0 Å². The van der Waals surface area contributed by atoms with Gasteiger partial charge in [0.1, 0.15) is 5.15 Å². The third kappa shape index (κ3) is 4.00. The second-order valence-electron chi connectivity index (χ2n) is 5.30. The molecule has 0 fully saturated rings. The Labute approximate surface area is 151 Å². The summed E-state index contributed by atoms with van der Waals surface area (Å²) in [6, 6.07) is 11.0. The van der Waals surface area contributed by atoms with Gasteiger partial charge in [0.2, 0.25) is 0 Å². The molecule has 0 saturated carbocycles. The molecule has 0 atom stereocenters. The highest BCUT2D eigenvalue weighted by Crippen LogP contribution is 2.35. The molecule has 4 nitrogen and oxygen atoms in total. The summed E-state index contributed by atoms with van der Waals surface area (Å²) in [5.74, 6) is -0.420. The predicted octanol–water partition coefficient (Wildman–Crippen LogP) is 5.07. The molecule has 0 aliphatic heterocycles.